The van der Waals surface area contributed by atoms with E-state index >= 15 is 0 Å². The van der Waals surface area contributed by atoms with Gasteiger partial charge in [0, 0.05) is 43.4 Å². The van der Waals surface area contributed by atoms with Gasteiger partial charge in [0.1, 0.15) is 24.9 Å². The lowest BCUT2D eigenvalue weighted by Gasteiger charge is -2.29. The van der Waals surface area contributed by atoms with Gasteiger partial charge in [-0.05, 0) is 48.5 Å². The molecule has 4 atom stereocenters. The molecule has 0 unspecified atom stereocenters. The molecule has 0 aromatic carbocycles. The van der Waals surface area contributed by atoms with Crippen molar-refractivity contribution in [3.8, 4) is 0 Å². The minimum atomic E-state index is -2.70. The van der Waals surface area contributed by atoms with Crippen molar-refractivity contribution in [2.75, 3.05) is 13.2 Å². The summed E-state index contributed by atoms with van der Waals surface area (Å²) in [6, 6.07) is 11.0. The number of carbonyl (C=O) groups is 4. The maximum Gasteiger partial charge on any atom is 0.343 e. The zero-order valence-corrected chi connectivity index (χ0v) is 23.1. The van der Waals surface area contributed by atoms with Crippen LogP contribution in [0.5, 0.6) is 0 Å². The zero-order valence-electron chi connectivity index (χ0n) is 23.1. The summed E-state index contributed by atoms with van der Waals surface area (Å²) in [6.07, 6.45) is 4.06. The molecule has 14 nitrogen and oxygen atoms in total. The van der Waals surface area contributed by atoms with Crippen molar-refractivity contribution in [3.63, 3.8) is 0 Å². The Balaban J connectivity index is 1.45. The monoisotopic (exact) mass is 618 g/mol. The Morgan fingerprint density at radius 3 is 1.87 bits per heavy atom. The summed E-state index contributed by atoms with van der Waals surface area (Å²) >= 11 is 0. The van der Waals surface area contributed by atoms with Crippen LogP contribution in [0.25, 0.3) is 0 Å². The van der Waals surface area contributed by atoms with Gasteiger partial charge in [0.25, 0.3) is 0 Å². The number of aliphatic hydroxyl groups is 1. The van der Waals surface area contributed by atoms with E-state index in [1.165, 1.54) is 79.6 Å². The highest BCUT2D eigenvalue weighted by Crippen LogP contribution is 2.36. The topological polar surface area (TPSA) is 186 Å². The molecule has 0 bridgehead atoms. The molecule has 1 aliphatic heterocycles. The first-order chi connectivity index (χ1) is 21.7. The number of aromatic nitrogens is 4. The van der Waals surface area contributed by atoms with Gasteiger partial charge in [-0.15, -0.1) is 0 Å². The fourth-order valence-corrected chi connectivity index (χ4v) is 4.24. The normalized spacial score (nSPS) is 20.5. The SMILES string of the molecule is O=C(OC[C@H]1O[C@](O)(COC(=O)c2cccnc2F)[C@@H](OC(=O)c2cccnc2)[C@@H]1OC(=O)c1cccnc1)c1cccnc1. The first-order valence-corrected chi connectivity index (χ1v) is 13.2. The number of ether oxygens (including phenoxy) is 5. The first kappa shape index (κ1) is 30.8. The van der Waals surface area contributed by atoms with E-state index in [4.69, 9.17) is 23.7 Å². The Labute approximate surface area is 253 Å². The lowest BCUT2D eigenvalue weighted by Crippen LogP contribution is -2.51. The summed E-state index contributed by atoms with van der Waals surface area (Å²) in [5.41, 5.74) is -0.515. The summed E-state index contributed by atoms with van der Waals surface area (Å²) in [5.74, 6) is -7.87. The van der Waals surface area contributed by atoms with E-state index in [1.807, 2.05) is 0 Å². The second-order valence-electron chi connectivity index (χ2n) is 9.44. The highest BCUT2D eigenvalue weighted by Gasteiger charge is 2.60. The fraction of sp³-hybridized carbons (Fsp3) is 0.200. The van der Waals surface area contributed by atoms with E-state index in [9.17, 15) is 28.7 Å². The molecule has 0 saturated carbocycles. The van der Waals surface area contributed by atoms with E-state index in [-0.39, 0.29) is 16.7 Å². The van der Waals surface area contributed by atoms with Crippen LogP contribution in [0.4, 0.5) is 4.39 Å². The predicted octanol–water partition coefficient (Wildman–Crippen LogP) is 1.96. The van der Waals surface area contributed by atoms with E-state index in [1.54, 1.807) is 0 Å². The van der Waals surface area contributed by atoms with Crippen LogP contribution in [0, 0.1) is 5.95 Å². The number of hydrogen-bond donors (Lipinski definition) is 1. The maximum atomic E-state index is 14.1. The van der Waals surface area contributed by atoms with Gasteiger partial charge in [-0.3, -0.25) is 15.0 Å². The van der Waals surface area contributed by atoms with Crippen molar-refractivity contribution < 1.29 is 52.4 Å². The van der Waals surface area contributed by atoms with Crippen molar-refractivity contribution in [1.29, 1.82) is 0 Å². The maximum absolute atomic E-state index is 14.1. The van der Waals surface area contributed by atoms with E-state index < -0.39 is 72.7 Å². The summed E-state index contributed by atoms with van der Waals surface area (Å²) in [5, 5.41) is 11.7. The van der Waals surface area contributed by atoms with Crippen LogP contribution in [0.15, 0.2) is 91.9 Å². The fourth-order valence-electron chi connectivity index (χ4n) is 4.24. The Hall–Kier alpha value is -5.67. The van der Waals surface area contributed by atoms with Gasteiger partial charge in [0.2, 0.25) is 11.7 Å². The van der Waals surface area contributed by atoms with Gasteiger partial charge in [-0.2, -0.15) is 4.39 Å². The van der Waals surface area contributed by atoms with E-state index in [2.05, 4.69) is 19.9 Å². The van der Waals surface area contributed by atoms with Crippen LogP contribution in [-0.2, 0) is 23.7 Å². The van der Waals surface area contributed by atoms with Crippen molar-refractivity contribution in [1.82, 2.24) is 19.9 Å². The summed E-state index contributed by atoms with van der Waals surface area (Å²) in [6.45, 7) is -1.67. The average molecular weight is 619 g/mol. The second kappa shape index (κ2) is 13.7. The molecule has 1 saturated heterocycles. The van der Waals surface area contributed by atoms with Gasteiger partial charge in [0.15, 0.2) is 12.2 Å². The molecule has 0 amide bonds. The number of rotatable bonds is 10. The molecule has 230 valence electrons. The molecule has 0 radical (unpaired) electrons. The van der Waals surface area contributed by atoms with Gasteiger partial charge >= 0.3 is 23.9 Å². The Kier molecular flexibility index (Phi) is 9.40. The number of carbonyl (C=O) groups excluding carboxylic acids is 4. The first-order valence-electron chi connectivity index (χ1n) is 13.2. The number of halogens is 1. The highest BCUT2D eigenvalue weighted by atomic mass is 19.1. The Morgan fingerprint density at radius 2 is 1.31 bits per heavy atom. The molecule has 5 rings (SSSR count). The van der Waals surface area contributed by atoms with Gasteiger partial charge < -0.3 is 28.8 Å². The second-order valence-corrected chi connectivity index (χ2v) is 9.44. The Bertz CT molecular complexity index is 1670. The lowest BCUT2D eigenvalue weighted by molar-refractivity contribution is -0.247. The minimum absolute atomic E-state index is 0.00476. The molecular formula is C30H23FN4O10. The number of nitrogens with zero attached hydrogens (tertiary/aromatic N) is 4. The highest BCUT2D eigenvalue weighted by molar-refractivity contribution is 5.91. The molecule has 1 N–H and O–H groups in total. The minimum Gasteiger partial charge on any atom is -0.459 e. The number of hydrogen-bond acceptors (Lipinski definition) is 14. The third-order valence-electron chi connectivity index (χ3n) is 6.40. The third kappa shape index (κ3) is 7.29. The van der Waals surface area contributed by atoms with Gasteiger partial charge in [0.05, 0.1) is 16.7 Å². The molecule has 0 spiro atoms. The number of pyridine rings is 4. The van der Waals surface area contributed by atoms with Crippen LogP contribution in [0.1, 0.15) is 41.4 Å². The van der Waals surface area contributed by atoms with Crippen molar-refractivity contribution >= 4 is 23.9 Å². The molecule has 4 aromatic heterocycles. The Morgan fingerprint density at radius 1 is 0.756 bits per heavy atom. The molecule has 5 heterocycles. The molecule has 15 heteroatoms. The predicted molar refractivity (Wildman–Crippen MR) is 146 cm³/mol. The third-order valence-corrected chi connectivity index (χ3v) is 6.40. The molecule has 1 fully saturated rings. The van der Waals surface area contributed by atoms with Crippen molar-refractivity contribution in [2.24, 2.45) is 0 Å². The van der Waals surface area contributed by atoms with Crippen molar-refractivity contribution in [3.05, 3.63) is 120 Å². The average Bonchev–Trinajstić information content (AvgIpc) is 3.33. The van der Waals surface area contributed by atoms with E-state index in [0.717, 1.165) is 12.3 Å². The van der Waals surface area contributed by atoms with E-state index in [0.29, 0.717) is 0 Å². The molecular weight excluding hydrogens is 595 g/mol. The summed E-state index contributed by atoms with van der Waals surface area (Å²) in [7, 11) is 0. The van der Waals surface area contributed by atoms with Crippen LogP contribution in [0.2, 0.25) is 0 Å². The van der Waals surface area contributed by atoms with Crippen LogP contribution in [0.3, 0.4) is 0 Å². The molecule has 1 aliphatic rings. The standard InChI is InChI=1S/C30H23FN4O10/c31-25-21(8-4-12-35-25)29(39)42-17-30(40)24(44-28(38)20-7-3-11-34-15-20)23(43-27(37)19-6-2-10-33-14-19)22(45-30)16-41-26(36)18-5-1-9-32-13-18/h1-15,22-24,40H,16-17H2/t22-,23-,24+,30-/m1/s1. The lowest BCUT2D eigenvalue weighted by atomic mass is 10.0. The van der Waals surface area contributed by atoms with Crippen LogP contribution in [-0.4, -0.2) is 86.2 Å². The quantitative estimate of drug-likeness (QED) is 0.154. The molecule has 0 aliphatic carbocycles. The van der Waals surface area contributed by atoms with Crippen molar-refractivity contribution in [2.45, 2.75) is 24.1 Å². The van der Waals surface area contributed by atoms with Gasteiger partial charge in [-0.1, -0.05) is 0 Å². The number of esters is 4. The summed E-state index contributed by atoms with van der Waals surface area (Å²) < 4.78 is 41.5. The zero-order chi connectivity index (χ0) is 31.8. The largest absolute Gasteiger partial charge is 0.459 e. The summed E-state index contributed by atoms with van der Waals surface area (Å²) in [4.78, 5) is 66.5. The van der Waals surface area contributed by atoms with Crippen LogP contribution >= 0.6 is 0 Å². The smallest absolute Gasteiger partial charge is 0.343 e. The molecule has 4 aromatic rings. The van der Waals surface area contributed by atoms with Gasteiger partial charge in [-0.25, -0.2) is 24.2 Å². The van der Waals surface area contributed by atoms with Crippen LogP contribution < -0.4 is 0 Å². The molecule has 45 heavy (non-hydrogen) atoms.